The second-order valence-corrected chi connectivity index (χ2v) is 8.47. The van der Waals surface area contributed by atoms with Gasteiger partial charge in [-0.05, 0) is 12.8 Å². The summed E-state index contributed by atoms with van der Waals surface area (Å²) in [5.41, 5.74) is 0. The Morgan fingerprint density at radius 3 is 1.41 bits per heavy atom. The summed E-state index contributed by atoms with van der Waals surface area (Å²) in [5, 5.41) is 29.7. The summed E-state index contributed by atoms with van der Waals surface area (Å²) in [6.07, 6.45) is 14.5. The summed E-state index contributed by atoms with van der Waals surface area (Å²) in [6, 6.07) is 0. The fraction of sp³-hybridized carbons (Fsp3) is 0.917. The summed E-state index contributed by atoms with van der Waals surface area (Å²) >= 11 is 0. The molecule has 0 aromatic rings. The minimum absolute atomic E-state index is 0.277. The number of aliphatic carboxylic acids is 1. The highest BCUT2D eigenvalue weighted by molar-refractivity contribution is 6.01. The third-order valence-corrected chi connectivity index (χ3v) is 5.72. The topological polar surface area (TPSA) is 94.8 Å². The molecule has 0 aliphatic carbocycles. The fourth-order valence-electron chi connectivity index (χ4n) is 3.77. The number of hydrogen-bond donors (Lipinski definition) is 3. The van der Waals surface area contributed by atoms with Crippen molar-refractivity contribution in [2.24, 2.45) is 5.92 Å². The number of rotatable bonds is 21. The largest absolute Gasteiger partial charge is 0.481 e. The highest BCUT2D eigenvalue weighted by atomic mass is 16.4. The summed E-state index contributed by atoms with van der Waals surface area (Å²) < 4.78 is 0. The van der Waals surface area contributed by atoms with E-state index in [-0.39, 0.29) is 6.42 Å². The number of carbonyl (C=O) groups excluding carboxylic acids is 1. The van der Waals surface area contributed by atoms with Gasteiger partial charge in [-0.25, -0.2) is 0 Å². The number of aliphatic hydroxyl groups excluding tert-OH is 2. The summed E-state index contributed by atoms with van der Waals surface area (Å²) in [4.78, 5) is 23.9. The molecule has 29 heavy (non-hydrogen) atoms. The van der Waals surface area contributed by atoms with E-state index in [4.69, 9.17) is 0 Å². The van der Waals surface area contributed by atoms with Crippen molar-refractivity contribution >= 4 is 11.8 Å². The van der Waals surface area contributed by atoms with Crippen LogP contribution in [0.4, 0.5) is 0 Å². The molecule has 0 radical (unpaired) electrons. The highest BCUT2D eigenvalue weighted by Gasteiger charge is 2.36. The Morgan fingerprint density at radius 1 is 0.621 bits per heavy atom. The zero-order chi connectivity index (χ0) is 21.9. The average Bonchev–Trinajstić information content (AvgIpc) is 2.68. The molecular formula is C24H46O5. The monoisotopic (exact) mass is 414 g/mol. The number of carboxylic acids is 1. The Morgan fingerprint density at radius 2 is 1.00 bits per heavy atom. The van der Waals surface area contributed by atoms with Crippen molar-refractivity contribution in [2.45, 2.75) is 135 Å². The van der Waals surface area contributed by atoms with Crippen LogP contribution in [0.15, 0.2) is 0 Å². The molecule has 0 rings (SSSR count). The maximum absolute atomic E-state index is 12.4. The molecule has 0 saturated heterocycles. The van der Waals surface area contributed by atoms with Gasteiger partial charge in [0.15, 0.2) is 5.78 Å². The Kier molecular flexibility index (Phi) is 18.4. The van der Waals surface area contributed by atoms with E-state index in [1.54, 1.807) is 0 Å². The summed E-state index contributed by atoms with van der Waals surface area (Å²) in [6.45, 7) is 4.35. The Balaban J connectivity index is 4.09. The van der Waals surface area contributed by atoms with E-state index in [1.807, 2.05) is 0 Å². The SMILES string of the molecule is CCCCCCCCCCCC(O)C(C(=O)O)C(=O)C(O)CCCCCCCC. The number of Topliss-reactive ketones (excluding diaryl/α,β-unsaturated/α-hetero) is 1. The van der Waals surface area contributed by atoms with Crippen LogP contribution >= 0.6 is 0 Å². The van der Waals surface area contributed by atoms with Crippen molar-refractivity contribution < 1.29 is 24.9 Å². The van der Waals surface area contributed by atoms with Gasteiger partial charge in [-0.2, -0.15) is 0 Å². The van der Waals surface area contributed by atoms with Gasteiger partial charge < -0.3 is 15.3 Å². The van der Waals surface area contributed by atoms with Crippen LogP contribution in [-0.4, -0.2) is 39.3 Å². The van der Waals surface area contributed by atoms with Crippen LogP contribution in [0, 0.1) is 5.92 Å². The first-order valence-corrected chi connectivity index (χ1v) is 12.1. The molecule has 0 spiro atoms. The van der Waals surface area contributed by atoms with E-state index >= 15 is 0 Å². The van der Waals surface area contributed by atoms with Gasteiger partial charge in [0.05, 0.1) is 6.10 Å². The Hall–Kier alpha value is -0.940. The van der Waals surface area contributed by atoms with Crippen LogP contribution in [0.5, 0.6) is 0 Å². The van der Waals surface area contributed by atoms with Crippen LogP contribution in [0.2, 0.25) is 0 Å². The minimum Gasteiger partial charge on any atom is -0.481 e. The van der Waals surface area contributed by atoms with Crippen molar-refractivity contribution in [3.8, 4) is 0 Å². The lowest BCUT2D eigenvalue weighted by Crippen LogP contribution is -2.41. The quantitative estimate of drug-likeness (QED) is 0.167. The van der Waals surface area contributed by atoms with Crippen LogP contribution in [0.25, 0.3) is 0 Å². The third-order valence-electron chi connectivity index (χ3n) is 5.72. The molecule has 0 saturated carbocycles. The van der Waals surface area contributed by atoms with Gasteiger partial charge in [-0.1, -0.05) is 110 Å². The van der Waals surface area contributed by atoms with Crippen LogP contribution in [0.3, 0.4) is 0 Å². The maximum Gasteiger partial charge on any atom is 0.316 e. The smallest absolute Gasteiger partial charge is 0.316 e. The molecule has 0 fully saturated rings. The maximum atomic E-state index is 12.4. The van der Waals surface area contributed by atoms with Gasteiger partial charge in [-0.3, -0.25) is 9.59 Å². The number of carboxylic acid groups (broad SMARTS) is 1. The molecule has 0 heterocycles. The normalized spacial score (nSPS) is 14.5. The summed E-state index contributed by atoms with van der Waals surface area (Å²) in [7, 11) is 0. The zero-order valence-electron chi connectivity index (χ0n) is 18.9. The van der Waals surface area contributed by atoms with E-state index < -0.39 is 29.9 Å². The van der Waals surface area contributed by atoms with Crippen molar-refractivity contribution in [2.75, 3.05) is 0 Å². The van der Waals surface area contributed by atoms with Crippen molar-refractivity contribution in [3.63, 3.8) is 0 Å². The summed E-state index contributed by atoms with van der Waals surface area (Å²) in [5.74, 6) is -3.59. The lowest BCUT2D eigenvalue weighted by Gasteiger charge is -2.21. The first-order valence-electron chi connectivity index (χ1n) is 12.1. The number of aliphatic hydroxyl groups is 2. The van der Waals surface area contributed by atoms with E-state index in [1.165, 1.54) is 38.5 Å². The van der Waals surface area contributed by atoms with Crippen LogP contribution in [-0.2, 0) is 9.59 Å². The van der Waals surface area contributed by atoms with Gasteiger partial charge >= 0.3 is 5.97 Å². The van der Waals surface area contributed by atoms with E-state index in [0.29, 0.717) is 19.3 Å². The average molecular weight is 415 g/mol. The molecular weight excluding hydrogens is 368 g/mol. The Bertz CT molecular complexity index is 410. The minimum atomic E-state index is -1.51. The predicted molar refractivity (Wildman–Crippen MR) is 118 cm³/mol. The zero-order valence-corrected chi connectivity index (χ0v) is 18.9. The van der Waals surface area contributed by atoms with Gasteiger partial charge in [0.2, 0.25) is 0 Å². The molecule has 0 aromatic carbocycles. The Labute approximate surface area is 178 Å². The van der Waals surface area contributed by atoms with Gasteiger partial charge in [0.25, 0.3) is 0 Å². The van der Waals surface area contributed by atoms with Gasteiger partial charge in [0.1, 0.15) is 12.0 Å². The highest BCUT2D eigenvalue weighted by Crippen LogP contribution is 2.19. The van der Waals surface area contributed by atoms with Crippen LogP contribution in [0.1, 0.15) is 123 Å². The van der Waals surface area contributed by atoms with Gasteiger partial charge in [0, 0.05) is 0 Å². The van der Waals surface area contributed by atoms with E-state index in [2.05, 4.69) is 13.8 Å². The third kappa shape index (κ3) is 14.6. The number of carbonyl (C=O) groups is 2. The van der Waals surface area contributed by atoms with E-state index in [0.717, 1.165) is 44.9 Å². The number of ketones is 1. The standard InChI is InChI=1S/C24H46O5/c1-3-5-7-9-11-12-13-15-16-18-20(25)22(24(28)29)23(27)21(26)19-17-14-10-8-6-4-2/h20-22,25-26H,3-19H2,1-2H3,(H,28,29). The molecule has 0 aliphatic rings. The molecule has 172 valence electrons. The molecule has 0 amide bonds. The number of hydrogen-bond acceptors (Lipinski definition) is 4. The second kappa shape index (κ2) is 19.0. The molecule has 3 N–H and O–H groups in total. The molecule has 0 bridgehead atoms. The van der Waals surface area contributed by atoms with Crippen molar-refractivity contribution in [3.05, 3.63) is 0 Å². The molecule has 5 nitrogen and oxygen atoms in total. The van der Waals surface area contributed by atoms with Gasteiger partial charge in [-0.15, -0.1) is 0 Å². The second-order valence-electron chi connectivity index (χ2n) is 8.47. The number of unbranched alkanes of at least 4 members (excludes halogenated alkanes) is 13. The lowest BCUT2D eigenvalue weighted by molar-refractivity contribution is -0.154. The van der Waals surface area contributed by atoms with Crippen molar-refractivity contribution in [1.29, 1.82) is 0 Å². The van der Waals surface area contributed by atoms with Crippen LogP contribution < -0.4 is 0 Å². The van der Waals surface area contributed by atoms with Crippen molar-refractivity contribution in [1.82, 2.24) is 0 Å². The fourth-order valence-corrected chi connectivity index (χ4v) is 3.77. The predicted octanol–water partition coefficient (Wildman–Crippen LogP) is 5.65. The first-order chi connectivity index (χ1) is 14.0. The molecule has 3 unspecified atom stereocenters. The van der Waals surface area contributed by atoms with E-state index in [9.17, 15) is 24.9 Å². The molecule has 5 heteroatoms. The lowest BCUT2D eigenvalue weighted by atomic mass is 9.89. The first kappa shape index (κ1) is 28.1. The molecule has 0 aromatic heterocycles. The molecule has 0 aliphatic heterocycles. The molecule has 3 atom stereocenters.